The average Bonchev–Trinajstić information content (AvgIpc) is 2.36. The highest BCUT2D eigenvalue weighted by molar-refractivity contribution is 14.1. The topological polar surface area (TPSA) is 0 Å². The zero-order valence-electron chi connectivity index (χ0n) is 7.57. The molecule has 0 nitrogen and oxygen atoms in total. The van der Waals surface area contributed by atoms with Crippen molar-refractivity contribution in [1.82, 2.24) is 0 Å². The van der Waals surface area contributed by atoms with Gasteiger partial charge in [-0.05, 0) is 66.8 Å². The lowest BCUT2D eigenvalue weighted by atomic mass is 10.1. The SMILES string of the molecule is Cc1cc2c(s1)C(F)(I)CCCC2. The van der Waals surface area contributed by atoms with Crippen molar-refractivity contribution in [3.8, 4) is 0 Å². The lowest BCUT2D eigenvalue weighted by Gasteiger charge is -2.15. The van der Waals surface area contributed by atoms with Crippen LogP contribution in [0.3, 0.4) is 0 Å². The number of fused-ring (bicyclic) bond motifs is 1. The van der Waals surface area contributed by atoms with E-state index in [0.29, 0.717) is 6.42 Å². The smallest absolute Gasteiger partial charge is 0.195 e. The van der Waals surface area contributed by atoms with Crippen LogP contribution < -0.4 is 0 Å². The lowest BCUT2D eigenvalue weighted by molar-refractivity contribution is 0.301. The summed E-state index contributed by atoms with van der Waals surface area (Å²) in [5.74, 6) is 0. The Hall–Kier alpha value is 0.360. The lowest BCUT2D eigenvalue weighted by Crippen LogP contribution is -2.07. The highest BCUT2D eigenvalue weighted by Gasteiger charge is 2.33. The van der Waals surface area contributed by atoms with E-state index in [4.69, 9.17) is 0 Å². The Labute approximate surface area is 95.7 Å². The van der Waals surface area contributed by atoms with Crippen LogP contribution in [-0.4, -0.2) is 0 Å². The van der Waals surface area contributed by atoms with Crippen molar-refractivity contribution in [3.63, 3.8) is 0 Å². The van der Waals surface area contributed by atoms with Gasteiger partial charge in [0.15, 0.2) is 3.68 Å². The fourth-order valence-electron chi connectivity index (χ4n) is 1.84. The Kier molecular flexibility index (Phi) is 2.66. The van der Waals surface area contributed by atoms with Crippen molar-refractivity contribution in [2.45, 2.75) is 36.3 Å². The molecule has 1 aliphatic rings. The minimum absolute atomic E-state index is 0.681. The normalized spacial score (nSPS) is 28.2. The molecular formula is C10H12FIS. The Morgan fingerprint density at radius 1 is 1.54 bits per heavy atom. The fraction of sp³-hybridized carbons (Fsp3) is 0.600. The van der Waals surface area contributed by atoms with E-state index in [1.54, 1.807) is 11.3 Å². The number of hydrogen-bond acceptors (Lipinski definition) is 1. The second-order valence-electron chi connectivity index (χ2n) is 3.62. The number of halogens is 2. The molecule has 2 rings (SSSR count). The van der Waals surface area contributed by atoms with Gasteiger partial charge in [0, 0.05) is 4.88 Å². The summed E-state index contributed by atoms with van der Waals surface area (Å²) in [7, 11) is 0. The van der Waals surface area contributed by atoms with E-state index in [0.717, 1.165) is 24.1 Å². The van der Waals surface area contributed by atoms with Gasteiger partial charge in [0.05, 0.1) is 4.88 Å². The van der Waals surface area contributed by atoms with E-state index >= 15 is 0 Å². The Balaban J connectivity index is 2.47. The van der Waals surface area contributed by atoms with Crippen LogP contribution in [0, 0.1) is 6.92 Å². The van der Waals surface area contributed by atoms with E-state index in [2.05, 4.69) is 13.0 Å². The van der Waals surface area contributed by atoms with Crippen LogP contribution in [0.1, 0.15) is 34.6 Å². The van der Waals surface area contributed by atoms with E-state index in [1.807, 2.05) is 22.6 Å². The largest absolute Gasteiger partial charge is 0.226 e. The van der Waals surface area contributed by atoms with E-state index < -0.39 is 3.68 Å². The van der Waals surface area contributed by atoms with Gasteiger partial charge in [0.25, 0.3) is 0 Å². The predicted molar refractivity (Wildman–Crippen MR) is 63.4 cm³/mol. The van der Waals surface area contributed by atoms with Crippen LogP contribution in [-0.2, 0) is 10.1 Å². The summed E-state index contributed by atoms with van der Waals surface area (Å²) >= 11 is 3.59. The number of aryl methyl sites for hydroxylation is 2. The first-order valence-corrected chi connectivity index (χ1v) is 6.47. The van der Waals surface area contributed by atoms with E-state index in [1.165, 1.54) is 10.4 Å². The van der Waals surface area contributed by atoms with Gasteiger partial charge in [0.1, 0.15) is 0 Å². The molecule has 1 aromatic rings. The summed E-state index contributed by atoms with van der Waals surface area (Å²) in [4.78, 5) is 2.22. The van der Waals surface area contributed by atoms with E-state index in [-0.39, 0.29) is 0 Å². The molecular weight excluding hydrogens is 298 g/mol. The van der Waals surface area contributed by atoms with E-state index in [9.17, 15) is 4.39 Å². The molecule has 0 aliphatic heterocycles. The zero-order valence-corrected chi connectivity index (χ0v) is 10.5. The summed E-state index contributed by atoms with van der Waals surface area (Å²) in [6.45, 7) is 2.06. The minimum Gasteiger partial charge on any atom is -0.226 e. The Morgan fingerprint density at radius 3 is 3.08 bits per heavy atom. The minimum atomic E-state index is -1.09. The molecule has 0 spiro atoms. The van der Waals surface area contributed by atoms with Gasteiger partial charge < -0.3 is 0 Å². The number of thiophene rings is 1. The molecule has 0 fully saturated rings. The first-order chi connectivity index (χ1) is 6.09. The molecule has 1 atom stereocenters. The number of alkyl halides is 2. The molecule has 0 amide bonds. The number of rotatable bonds is 0. The highest BCUT2D eigenvalue weighted by Crippen LogP contribution is 2.46. The third-order valence-corrected chi connectivity index (χ3v) is 5.13. The predicted octanol–water partition coefficient (Wildman–Crippen LogP) is 4.34. The molecule has 1 aliphatic carbocycles. The van der Waals surface area contributed by atoms with Crippen molar-refractivity contribution in [2.75, 3.05) is 0 Å². The molecule has 1 aromatic heterocycles. The highest BCUT2D eigenvalue weighted by atomic mass is 127. The van der Waals surface area contributed by atoms with Gasteiger partial charge >= 0.3 is 0 Å². The van der Waals surface area contributed by atoms with Gasteiger partial charge in [-0.3, -0.25) is 0 Å². The Morgan fingerprint density at radius 2 is 2.31 bits per heavy atom. The third kappa shape index (κ3) is 1.91. The molecule has 0 aromatic carbocycles. The van der Waals surface area contributed by atoms with Crippen molar-refractivity contribution >= 4 is 33.9 Å². The molecule has 13 heavy (non-hydrogen) atoms. The van der Waals surface area contributed by atoms with Crippen LogP contribution in [0.4, 0.5) is 4.39 Å². The second-order valence-corrected chi connectivity index (χ2v) is 6.59. The standard InChI is InChI=1S/C10H12FIS/c1-7-6-8-4-2-3-5-10(11,12)9(8)13-7/h6H,2-5H2,1H3. The van der Waals surface area contributed by atoms with Crippen LogP contribution in [0.2, 0.25) is 0 Å². The molecule has 0 N–H and O–H groups in total. The summed E-state index contributed by atoms with van der Waals surface area (Å²) < 4.78 is 13.0. The fourth-order valence-corrected chi connectivity index (χ4v) is 3.96. The monoisotopic (exact) mass is 310 g/mol. The summed E-state index contributed by atoms with van der Waals surface area (Å²) in [6, 6.07) is 2.15. The van der Waals surface area contributed by atoms with Gasteiger partial charge in [-0.15, -0.1) is 11.3 Å². The average molecular weight is 310 g/mol. The third-order valence-electron chi connectivity index (χ3n) is 2.45. The molecule has 3 heteroatoms. The van der Waals surface area contributed by atoms with Crippen molar-refractivity contribution < 1.29 is 4.39 Å². The van der Waals surface area contributed by atoms with Crippen LogP contribution >= 0.6 is 33.9 Å². The summed E-state index contributed by atoms with van der Waals surface area (Å²) in [5, 5.41) is 0. The van der Waals surface area contributed by atoms with Gasteiger partial charge in [-0.25, -0.2) is 4.39 Å². The first-order valence-electron chi connectivity index (χ1n) is 4.57. The second kappa shape index (κ2) is 3.50. The first kappa shape index (κ1) is 9.90. The summed E-state index contributed by atoms with van der Waals surface area (Å²) in [5.41, 5.74) is 1.25. The van der Waals surface area contributed by atoms with Gasteiger partial charge in [0.2, 0.25) is 0 Å². The molecule has 0 radical (unpaired) electrons. The Bertz CT molecular complexity index is 317. The van der Waals surface area contributed by atoms with Crippen molar-refractivity contribution in [3.05, 3.63) is 21.4 Å². The van der Waals surface area contributed by atoms with Gasteiger partial charge in [-0.1, -0.05) is 0 Å². The van der Waals surface area contributed by atoms with Crippen LogP contribution in [0.15, 0.2) is 6.07 Å². The number of hydrogen-bond donors (Lipinski definition) is 0. The molecule has 0 saturated heterocycles. The molecule has 1 unspecified atom stereocenters. The molecule has 0 saturated carbocycles. The zero-order chi connectivity index (χ0) is 9.47. The molecule has 1 heterocycles. The van der Waals surface area contributed by atoms with Gasteiger partial charge in [-0.2, -0.15) is 0 Å². The van der Waals surface area contributed by atoms with Crippen LogP contribution in [0.25, 0.3) is 0 Å². The van der Waals surface area contributed by atoms with Crippen molar-refractivity contribution in [2.24, 2.45) is 0 Å². The van der Waals surface area contributed by atoms with Crippen LogP contribution in [0.5, 0.6) is 0 Å². The maximum Gasteiger partial charge on any atom is 0.195 e. The quantitative estimate of drug-likeness (QED) is 0.380. The maximum atomic E-state index is 14.1. The molecule has 0 bridgehead atoms. The molecule has 72 valence electrons. The maximum absolute atomic E-state index is 14.1. The summed E-state index contributed by atoms with van der Waals surface area (Å²) in [6.07, 6.45) is 3.90. The van der Waals surface area contributed by atoms with Crippen molar-refractivity contribution in [1.29, 1.82) is 0 Å².